The minimum absolute atomic E-state index is 0.163. The second-order valence-corrected chi connectivity index (χ2v) is 5.79. The molecule has 23 heavy (non-hydrogen) atoms. The van der Waals surface area contributed by atoms with Gasteiger partial charge in [0.1, 0.15) is 0 Å². The zero-order valence-corrected chi connectivity index (χ0v) is 13.7. The van der Waals surface area contributed by atoms with Gasteiger partial charge in [0.25, 0.3) is 0 Å². The van der Waals surface area contributed by atoms with Crippen molar-refractivity contribution in [2.45, 2.75) is 26.8 Å². The summed E-state index contributed by atoms with van der Waals surface area (Å²) >= 11 is 0. The summed E-state index contributed by atoms with van der Waals surface area (Å²) in [6.07, 6.45) is 2.56. The first-order valence-electron chi connectivity index (χ1n) is 8.10. The molecule has 2 aromatic carbocycles. The number of aryl methyl sites for hydroxylation is 2. The molecule has 0 spiro atoms. The number of amides is 1. The van der Waals surface area contributed by atoms with Gasteiger partial charge in [-0.05, 0) is 49.1 Å². The molecule has 0 aliphatic carbocycles. The maximum absolute atomic E-state index is 12.6. The number of rotatable bonds is 5. The van der Waals surface area contributed by atoms with Crippen molar-refractivity contribution < 1.29 is 4.79 Å². The average molecular weight is 306 g/mol. The third-order valence-corrected chi connectivity index (χ3v) is 4.18. The Morgan fingerprint density at radius 3 is 2.70 bits per heavy atom. The van der Waals surface area contributed by atoms with Crippen molar-refractivity contribution in [2.24, 2.45) is 0 Å². The van der Waals surface area contributed by atoms with Crippen LogP contribution in [0.25, 0.3) is 10.9 Å². The monoisotopic (exact) mass is 306 g/mol. The molecular formula is C20H22N2O. The van der Waals surface area contributed by atoms with E-state index in [0.29, 0.717) is 19.5 Å². The second kappa shape index (κ2) is 6.69. The van der Waals surface area contributed by atoms with E-state index in [1.807, 2.05) is 49.1 Å². The highest BCUT2D eigenvalue weighted by Gasteiger charge is 2.14. The number of carbonyl (C=O) groups excluding carboxylic acids is 1. The Bertz CT molecular complexity index is 819. The van der Waals surface area contributed by atoms with E-state index in [9.17, 15) is 4.79 Å². The zero-order chi connectivity index (χ0) is 16.2. The third kappa shape index (κ3) is 3.29. The Morgan fingerprint density at radius 2 is 1.91 bits per heavy atom. The fourth-order valence-corrected chi connectivity index (χ4v) is 2.99. The van der Waals surface area contributed by atoms with Gasteiger partial charge in [-0.25, -0.2) is 0 Å². The van der Waals surface area contributed by atoms with Gasteiger partial charge in [-0.15, -0.1) is 0 Å². The maximum atomic E-state index is 12.6. The highest BCUT2D eigenvalue weighted by molar-refractivity contribution is 5.93. The number of carbonyl (C=O) groups is 1. The minimum atomic E-state index is 0.163. The van der Waals surface area contributed by atoms with Crippen molar-refractivity contribution in [3.8, 4) is 0 Å². The van der Waals surface area contributed by atoms with Crippen LogP contribution >= 0.6 is 0 Å². The standard InChI is InChI=1S/C20H22N2O/c1-3-22(18-9-6-7-16(2)15-18)20(23)12-14-21-13-11-17-8-4-5-10-19(17)21/h4-11,13,15H,3,12,14H2,1-2H3. The fraction of sp³-hybridized carbons (Fsp3) is 0.250. The Hall–Kier alpha value is -2.55. The van der Waals surface area contributed by atoms with Crippen LogP contribution in [0.1, 0.15) is 18.9 Å². The van der Waals surface area contributed by atoms with Crippen LogP contribution in [0.5, 0.6) is 0 Å². The predicted octanol–water partition coefficient (Wildman–Crippen LogP) is 4.39. The SMILES string of the molecule is CCN(C(=O)CCn1ccc2ccccc21)c1cccc(C)c1. The molecule has 0 aliphatic rings. The van der Waals surface area contributed by atoms with Crippen molar-refractivity contribution in [1.29, 1.82) is 0 Å². The van der Waals surface area contributed by atoms with E-state index in [1.54, 1.807) is 0 Å². The minimum Gasteiger partial charge on any atom is -0.347 e. The van der Waals surface area contributed by atoms with E-state index in [1.165, 1.54) is 16.5 Å². The van der Waals surface area contributed by atoms with Crippen LogP contribution in [0.15, 0.2) is 60.8 Å². The maximum Gasteiger partial charge on any atom is 0.228 e. The highest BCUT2D eigenvalue weighted by Crippen LogP contribution is 2.18. The van der Waals surface area contributed by atoms with E-state index >= 15 is 0 Å². The molecule has 3 heteroatoms. The van der Waals surface area contributed by atoms with E-state index in [4.69, 9.17) is 0 Å². The van der Waals surface area contributed by atoms with Gasteiger partial charge in [-0.3, -0.25) is 4.79 Å². The number of anilines is 1. The Morgan fingerprint density at radius 1 is 1.09 bits per heavy atom. The Labute approximate surface area is 137 Å². The van der Waals surface area contributed by atoms with Crippen LogP contribution in [0.3, 0.4) is 0 Å². The van der Waals surface area contributed by atoms with Gasteiger partial charge >= 0.3 is 0 Å². The van der Waals surface area contributed by atoms with Crippen molar-refractivity contribution in [1.82, 2.24) is 4.57 Å². The van der Waals surface area contributed by atoms with Crippen molar-refractivity contribution in [3.63, 3.8) is 0 Å². The van der Waals surface area contributed by atoms with Gasteiger partial charge in [-0.1, -0.05) is 30.3 Å². The molecule has 0 N–H and O–H groups in total. The van der Waals surface area contributed by atoms with Crippen LogP contribution in [-0.2, 0) is 11.3 Å². The normalized spacial score (nSPS) is 10.9. The summed E-state index contributed by atoms with van der Waals surface area (Å²) in [5.74, 6) is 0.163. The molecule has 0 aliphatic heterocycles. The number of para-hydroxylation sites is 1. The van der Waals surface area contributed by atoms with Gasteiger partial charge in [-0.2, -0.15) is 0 Å². The van der Waals surface area contributed by atoms with Crippen LogP contribution in [-0.4, -0.2) is 17.0 Å². The molecule has 1 amide bonds. The molecule has 118 valence electrons. The number of fused-ring (bicyclic) bond motifs is 1. The Kier molecular flexibility index (Phi) is 4.47. The Balaban J connectivity index is 1.73. The molecule has 0 saturated heterocycles. The van der Waals surface area contributed by atoms with Gasteiger partial charge in [0.05, 0.1) is 0 Å². The first-order chi connectivity index (χ1) is 11.2. The summed E-state index contributed by atoms with van der Waals surface area (Å²) < 4.78 is 2.15. The molecule has 3 aromatic rings. The lowest BCUT2D eigenvalue weighted by atomic mass is 10.2. The summed E-state index contributed by atoms with van der Waals surface area (Å²) in [6, 6.07) is 18.5. The van der Waals surface area contributed by atoms with Crippen molar-refractivity contribution in [3.05, 3.63) is 66.4 Å². The zero-order valence-electron chi connectivity index (χ0n) is 13.7. The molecular weight excluding hydrogens is 284 g/mol. The largest absolute Gasteiger partial charge is 0.347 e. The summed E-state index contributed by atoms with van der Waals surface area (Å²) in [6.45, 7) is 5.46. The number of aromatic nitrogens is 1. The van der Waals surface area contributed by atoms with Gasteiger partial charge in [0.2, 0.25) is 5.91 Å². The van der Waals surface area contributed by atoms with E-state index in [-0.39, 0.29) is 5.91 Å². The molecule has 1 heterocycles. The molecule has 0 unspecified atom stereocenters. The first-order valence-corrected chi connectivity index (χ1v) is 8.10. The topological polar surface area (TPSA) is 25.2 Å². The molecule has 0 radical (unpaired) electrons. The molecule has 3 rings (SSSR count). The van der Waals surface area contributed by atoms with Crippen LogP contribution in [0.2, 0.25) is 0 Å². The van der Waals surface area contributed by atoms with Crippen LogP contribution in [0.4, 0.5) is 5.69 Å². The highest BCUT2D eigenvalue weighted by atomic mass is 16.2. The molecule has 0 saturated carbocycles. The van der Waals surface area contributed by atoms with Crippen LogP contribution < -0.4 is 4.90 Å². The average Bonchev–Trinajstić information content (AvgIpc) is 2.97. The van der Waals surface area contributed by atoms with Gasteiger partial charge in [0.15, 0.2) is 0 Å². The lowest BCUT2D eigenvalue weighted by Gasteiger charge is -2.21. The summed E-state index contributed by atoms with van der Waals surface area (Å²) in [5, 5.41) is 1.21. The lowest BCUT2D eigenvalue weighted by Crippen LogP contribution is -2.31. The predicted molar refractivity (Wildman–Crippen MR) is 95.8 cm³/mol. The van der Waals surface area contributed by atoms with E-state index in [2.05, 4.69) is 35.0 Å². The second-order valence-electron chi connectivity index (χ2n) is 5.79. The van der Waals surface area contributed by atoms with Crippen molar-refractivity contribution >= 4 is 22.5 Å². The number of benzene rings is 2. The molecule has 1 aromatic heterocycles. The number of nitrogens with zero attached hydrogens (tertiary/aromatic N) is 2. The first kappa shape index (κ1) is 15.3. The summed E-state index contributed by atoms with van der Waals surface area (Å²) in [7, 11) is 0. The fourth-order valence-electron chi connectivity index (χ4n) is 2.99. The third-order valence-electron chi connectivity index (χ3n) is 4.18. The smallest absolute Gasteiger partial charge is 0.228 e. The molecule has 0 bridgehead atoms. The van der Waals surface area contributed by atoms with Crippen molar-refractivity contribution in [2.75, 3.05) is 11.4 Å². The molecule has 0 atom stereocenters. The summed E-state index contributed by atoms with van der Waals surface area (Å²) in [4.78, 5) is 14.5. The van der Waals surface area contributed by atoms with E-state index < -0.39 is 0 Å². The number of hydrogen-bond donors (Lipinski definition) is 0. The lowest BCUT2D eigenvalue weighted by molar-refractivity contribution is -0.118. The molecule has 3 nitrogen and oxygen atoms in total. The molecule has 0 fully saturated rings. The summed E-state index contributed by atoms with van der Waals surface area (Å²) in [5.41, 5.74) is 3.33. The quantitative estimate of drug-likeness (QED) is 0.686. The van der Waals surface area contributed by atoms with Gasteiger partial charge < -0.3 is 9.47 Å². The van der Waals surface area contributed by atoms with E-state index in [0.717, 1.165) is 5.69 Å². The van der Waals surface area contributed by atoms with Crippen LogP contribution in [0, 0.1) is 6.92 Å². The van der Waals surface area contributed by atoms with Gasteiger partial charge in [0, 0.05) is 36.9 Å². The number of hydrogen-bond acceptors (Lipinski definition) is 1.